The van der Waals surface area contributed by atoms with Gasteiger partial charge in [0.1, 0.15) is 5.37 Å². The summed E-state index contributed by atoms with van der Waals surface area (Å²) in [6, 6.07) is 0.293. The van der Waals surface area contributed by atoms with Crippen molar-refractivity contribution in [3.8, 4) is 0 Å². The van der Waals surface area contributed by atoms with Gasteiger partial charge in [0, 0.05) is 29.6 Å². The summed E-state index contributed by atoms with van der Waals surface area (Å²) in [4.78, 5) is 2.36. The third-order valence-corrected chi connectivity index (χ3v) is 6.17. The molecule has 0 amide bonds. The van der Waals surface area contributed by atoms with Crippen molar-refractivity contribution in [2.24, 2.45) is 0 Å². The Bertz CT molecular complexity index is 563. The molecule has 2 nitrogen and oxygen atoms in total. The average molecular weight is 310 g/mol. The van der Waals surface area contributed by atoms with Crippen LogP contribution in [0.25, 0.3) is 0 Å². The molecule has 1 aliphatic carbocycles. The zero-order valence-electron chi connectivity index (χ0n) is 13.1. The molecule has 4 heteroatoms. The summed E-state index contributed by atoms with van der Waals surface area (Å²) < 4.78 is 0. The van der Waals surface area contributed by atoms with Gasteiger partial charge in [-0.15, -0.1) is 11.8 Å². The number of nitrogens with one attached hydrogen (secondary N) is 1. The second-order valence-electron chi connectivity index (χ2n) is 6.18. The molecular weight excluding hydrogens is 287 g/mol. The Hall–Kier alpha value is -1.29. The lowest BCUT2D eigenvalue weighted by atomic mass is 9.94. The lowest BCUT2D eigenvalue weighted by molar-refractivity contribution is 0.201. The van der Waals surface area contributed by atoms with Gasteiger partial charge in [0.2, 0.25) is 0 Å². The summed E-state index contributed by atoms with van der Waals surface area (Å²) in [5, 5.41) is 4.44. The third kappa shape index (κ3) is 2.94. The molecule has 2 saturated heterocycles. The van der Waals surface area contributed by atoms with E-state index in [2.05, 4.69) is 48.2 Å². The topological polar surface area (TPSA) is 15.3 Å². The van der Waals surface area contributed by atoms with E-state index in [4.69, 9.17) is 7.85 Å². The van der Waals surface area contributed by atoms with Crippen molar-refractivity contribution in [3.05, 3.63) is 60.5 Å². The van der Waals surface area contributed by atoms with Gasteiger partial charge in [-0.25, -0.2) is 0 Å². The Morgan fingerprint density at radius 3 is 2.91 bits per heavy atom. The van der Waals surface area contributed by atoms with Crippen molar-refractivity contribution < 1.29 is 0 Å². The van der Waals surface area contributed by atoms with Crippen LogP contribution in [0, 0.1) is 0 Å². The van der Waals surface area contributed by atoms with E-state index in [1.807, 2.05) is 11.8 Å². The van der Waals surface area contributed by atoms with Crippen LogP contribution in [0.4, 0.5) is 0 Å². The molecule has 3 atom stereocenters. The van der Waals surface area contributed by atoms with Crippen LogP contribution in [0.5, 0.6) is 0 Å². The fourth-order valence-corrected chi connectivity index (χ4v) is 4.82. The minimum absolute atomic E-state index is 0.293. The Labute approximate surface area is 139 Å². The number of rotatable bonds is 6. The SMILES string of the molecule is [B]CC(=C)[C@H]1CN2C(=C)[C@@H](NC(=C)CC3=CCCC=C3)C2S1. The molecule has 2 heterocycles. The third-order valence-electron chi connectivity index (χ3n) is 4.55. The predicted molar refractivity (Wildman–Crippen MR) is 97.9 cm³/mol. The molecule has 0 aromatic heterocycles. The number of nitrogens with zero attached hydrogens (tertiary/aromatic N) is 1. The van der Waals surface area contributed by atoms with Crippen LogP contribution in [-0.2, 0) is 0 Å². The molecule has 114 valence electrons. The normalized spacial score (nSPS) is 29.6. The highest BCUT2D eigenvalue weighted by molar-refractivity contribution is 8.01. The van der Waals surface area contributed by atoms with E-state index < -0.39 is 0 Å². The molecule has 1 N–H and O–H groups in total. The van der Waals surface area contributed by atoms with Crippen molar-refractivity contribution in [1.82, 2.24) is 10.2 Å². The first kappa shape index (κ1) is 15.6. The van der Waals surface area contributed by atoms with Crippen molar-refractivity contribution >= 4 is 19.6 Å². The van der Waals surface area contributed by atoms with E-state index in [1.54, 1.807) is 0 Å². The molecule has 0 saturated carbocycles. The number of hydrogen-bond acceptors (Lipinski definition) is 3. The van der Waals surface area contributed by atoms with Crippen LogP contribution in [-0.4, -0.2) is 36.0 Å². The monoisotopic (exact) mass is 310 g/mol. The van der Waals surface area contributed by atoms with Crippen molar-refractivity contribution in [1.29, 1.82) is 0 Å². The Morgan fingerprint density at radius 1 is 1.41 bits per heavy atom. The molecule has 0 aromatic rings. The maximum absolute atomic E-state index is 5.72. The van der Waals surface area contributed by atoms with E-state index in [1.165, 1.54) is 11.3 Å². The maximum atomic E-state index is 5.72. The molecule has 0 aromatic carbocycles. The fourth-order valence-electron chi connectivity index (χ4n) is 3.20. The summed E-state index contributed by atoms with van der Waals surface area (Å²) in [5.74, 6) is 0. The first-order valence-electron chi connectivity index (χ1n) is 7.88. The minimum atomic E-state index is 0.293. The Balaban J connectivity index is 1.54. The predicted octanol–water partition coefficient (Wildman–Crippen LogP) is 3.54. The zero-order chi connectivity index (χ0) is 15.7. The fraction of sp³-hybridized carbons (Fsp3) is 0.444. The second kappa shape index (κ2) is 6.45. The average Bonchev–Trinajstić information content (AvgIpc) is 2.93. The number of thioether (sulfide) groups is 1. The summed E-state index contributed by atoms with van der Waals surface area (Å²) in [5.41, 5.74) is 4.73. The first-order chi connectivity index (χ1) is 10.6. The highest BCUT2D eigenvalue weighted by Gasteiger charge is 2.49. The first-order valence-corrected chi connectivity index (χ1v) is 8.83. The molecule has 2 fully saturated rings. The Morgan fingerprint density at radius 2 is 2.23 bits per heavy atom. The second-order valence-corrected chi connectivity index (χ2v) is 7.51. The largest absolute Gasteiger partial charge is 0.378 e. The molecule has 3 aliphatic rings. The van der Waals surface area contributed by atoms with Crippen LogP contribution in [0.1, 0.15) is 19.3 Å². The van der Waals surface area contributed by atoms with E-state index in [0.29, 0.717) is 23.0 Å². The maximum Gasteiger partial charge on any atom is 0.101 e. The van der Waals surface area contributed by atoms with Gasteiger partial charge in [0.05, 0.1) is 13.9 Å². The molecule has 0 bridgehead atoms. The van der Waals surface area contributed by atoms with Gasteiger partial charge in [0.25, 0.3) is 0 Å². The van der Waals surface area contributed by atoms with Gasteiger partial charge in [-0.2, -0.15) is 0 Å². The van der Waals surface area contributed by atoms with E-state index in [0.717, 1.165) is 37.1 Å². The van der Waals surface area contributed by atoms with Crippen LogP contribution in [0.2, 0.25) is 6.32 Å². The Kier molecular flexibility index (Phi) is 4.58. The number of hydrogen-bond donors (Lipinski definition) is 1. The van der Waals surface area contributed by atoms with Gasteiger partial charge in [-0.3, -0.25) is 0 Å². The van der Waals surface area contributed by atoms with Crippen LogP contribution in [0.3, 0.4) is 0 Å². The van der Waals surface area contributed by atoms with Crippen molar-refractivity contribution in [2.75, 3.05) is 6.54 Å². The molecular formula is C18H23BN2S. The summed E-state index contributed by atoms with van der Waals surface area (Å²) >= 11 is 1.95. The van der Waals surface area contributed by atoms with Gasteiger partial charge < -0.3 is 10.2 Å². The molecule has 1 unspecified atom stereocenters. The summed E-state index contributed by atoms with van der Waals surface area (Å²) in [6.07, 6.45) is 10.5. The summed E-state index contributed by atoms with van der Waals surface area (Å²) in [6.45, 7) is 13.5. The lowest BCUT2D eigenvalue weighted by Gasteiger charge is -2.47. The van der Waals surface area contributed by atoms with Crippen LogP contribution < -0.4 is 5.32 Å². The van der Waals surface area contributed by atoms with Gasteiger partial charge in [-0.1, -0.05) is 49.9 Å². The molecule has 3 rings (SSSR count). The quantitative estimate of drug-likeness (QED) is 0.597. The van der Waals surface area contributed by atoms with Gasteiger partial charge >= 0.3 is 0 Å². The number of fused-ring (bicyclic) bond motifs is 1. The number of allylic oxidation sites excluding steroid dienone is 4. The van der Waals surface area contributed by atoms with E-state index >= 15 is 0 Å². The highest BCUT2D eigenvalue weighted by Crippen LogP contribution is 2.47. The zero-order valence-corrected chi connectivity index (χ0v) is 13.9. The van der Waals surface area contributed by atoms with E-state index in [9.17, 15) is 0 Å². The van der Waals surface area contributed by atoms with E-state index in [-0.39, 0.29) is 0 Å². The molecule has 2 aliphatic heterocycles. The van der Waals surface area contributed by atoms with Crippen LogP contribution in [0.15, 0.2) is 60.5 Å². The van der Waals surface area contributed by atoms with Crippen molar-refractivity contribution in [3.63, 3.8) is 0 Å². The molecule has 22 heavy (non-hydrogen) atoms. The smallest absolute Gasteiger partial charge is 0.101 e. The standard InChI is InChI=1S/C18H23BN2S/c1-12(10-19)16-11-21-14(3)17(18(21)22-16)20-13(2)9-15-7-5-4-6-8-15/h5,7-8,16-18,20H,1-4,6,9-11H2/t16-,17-,18?/m1/s1. The minimum Gasteiger partial charge on any atom is -0.378 e. The van der Waals surface area contributed by atoms with Gasteiger partial charge in [0.15, 0.2) is 0 Å². The molecule has 2 radical (unpaired) electrons. The lowest BCUT2D eigenvalue weighted by Crippen LogP contribution is -2.58. The summed E-state index contributed by atoms with van der Waals surface area (Å²) in [7, 11) is 5.72. The highest BCUT2D eigenvalue weighted by atomic mass is 32.2. The molecule has 0 spiro atoms. The van der Waals surface area contributed by atoms with Gasteiger partial charge in [-0.05, 0) is 18.4 Å². The van der Waals surface area contributed by atoms with Crippen molar-refractivity contribution in [2.45, 2.75) is 42.2 Å². The van der Waals surface area contributed by atoms with Crippen LogP contribution >= 0.6 is 11.8 Å².